The summed E-state index contributed by atoms with van der Waals surface area (Å²) in [5, 5.41) is 25.8. The number of nitrogens with zero attached hydrogens (tertiary/aromatic N) is 3. The van der Waals surface area contributed by atoms with E-state index in [1.807, 2.05) is 12.2 Å². The molecule has 2 amide bonds. The zero-order valence-electron chi connectivity index (χ0n) is 14.4. The predicted molar refractivity (Wildman–Crippen MR) is 93.1 cm³/mol. The SMILES string of the molecule is COc1cc(/C=N\N2C(=O)[C@@H]3[C@@H](C2=O)[C@H]2C=C[C@H]3CC2)cc([N+](=O)[O-])c1O. The molecule has 1 N–H and O–H groups in total. The molecule has 1 aromatic rings. The first kappa shape index (κ1) is 17.2. The minimum absolute atomic E-state index is 0.0616. The molecule has 0 spiro atoms. The van der Waals surface area contributed by atoms with Crippen LogP contribution in [0.15, 0.2) is 29.4 Å². The number of hydrogen-bond acceptors (Lipinski definition) is 7. The summed E-state index contributed by atoms with van der Waals surface area (Å²) >= 11 is 0. The fourth-order valence-electron chi connectivity index (χ4n) is 4.28. The largest absolute Gasteiger partial charge is 0.500 e. The molecule has 1 saturated heterocycles. The zero-order valence-corrected chi connectivity index (χ0v) is 14.4. The van der Waals surface area contributed by atoms with Crippen molar-refractivity contribution in [3.8, 4) is 11.5 Å². The van der Waals surface area contributed by atoms with Crippen LogP contribution in [0.4, 0.5) is 5.69 Å². The monoisotopic (exact) mass is 371 g/mol. The molecule has 2 fully saturated rings. The second-order valence-corrected chi connectivity index (χ2v) is 6.92. The summed E-state index contributed by atoms with van der Waals surface area (Å²) in [7, 11) is 1.26. The van der Waals surface area contributed by atoms with E-state index in [2.05, 4.69) is 5.10 Å². The number of methoxy groups -OCH3 is 1. The fraction of sp³-hybridized carbons (Fsp3) is 0.389. The first-order valence-electron chi connectivity index (χ1n) is 8.58. The number of fused-ring (bicyclic) bond motifs is 1. The van der Waals surface area contributed by atoms with E-state index in [1.165, 1.54) is 19.4 Å². The summed E-state index contributed by atoms with van der Waals surface area (Å²) in [5.41, 5.74) is -0.321. The van der Waals surface area contributed by atoms with Gasteiger partial charge in [0.15, 0.2) is 5.75 Å². The third kappa shape index (κ3) is 2.57. The number of nitro groups is 1. The van der Waals surface area contributed by atoms with Gasteiger partial charge in [-0.25, -0.2) is 0 Å². The van der Waals surface area contributed by atoms with E-state index >= 15 is 0 Å². The molecule has 1 aromatic carbocycles. The Kier molecular flexibility index (Phi) is 3.94. The van der Waals surface area contributed by atoms with Crippen LogP contribution >= 0.6 is 0 Å². The third-order valence-corrected chi connectivity index (χ3v) is 5.55. The van der Waals surface area contributed by atoms with Crippen LogP contribution in [0.2, 0.25) is 0 Å². The number of carbonyl (C=O) groups is 2. The van der Waals surface area contributed by atoms with E-state index in [4.69, 9.17) is 4.74 Å². The van der Waals surface area contributed by atoms with Crippen LogP contribution in [0.1, 0.15) is 18.4 Å². The molecule has 9 nitrogen and oxygen atoms in total. The van der Waals surface area contributed by atoms with Crippen LogP contribution in [-0.2, 0) is 9.59 Å². The number of allylic oxidation sites excluding steroid dienone is 2. The summed E-state index contributed by atoms with van der Waals surface area (Å²) in [6.45, 7) is 0. The Labute approximate surface area is 154 Å². The molecule has 1 aliphatic heterocycles. The van der Waals surface area contributed by atoms with Gasteiger partial charge < -0.3 is 9.84 Å². The van der Waals surface area contributed by atoms with Crippen molar-refractivity contribution in [3.05, 3.63) is 40.0 Å². The fourth-order valence-corrected chi connectivity index (χ4v) is 4.28. The van der Waals surface area contributed by atoms with Gasteiger partial charge in [-0.2, -0.15) is 10.1 Å². The molecule has 4 atom stereocenters. The number of aromatic hydroxyl groups is 1. The van der Waals surface area contributed by atoms with Gasteiger partial charge in [-0.15, -0.1) is 0 Å². The lowest BCUT2D eigenvalue weighted by Gasteiger charge is -2.37. The van der Waals surface area contributed by atoms with Crippen molar-refractivity contribution >= 4 is 23.7 Å². The predicted octanol–water partition coefficient (Wildman–Crippen LogP) is 1.84. The van der Waals surface area contributed by atoms with Crippen LogP contribution in [0.5, 0.6) is 11.5 Å². The standard InChI is InChI=1S/C18H17N3O6/c1-27-13-7-9(6-12(16(13)22)21(25)26)8-19-20-17(23)14-10-2-3-11(5-4-10)15(14)18(20)24/h2-3,6-8,10-11,14-15,22H,4-5H2,1H3/b19-8-/t10-,11-,14-,15-/m0/s1. The summed E-state index contributed by atoms with van der Waals surface area (Å²) in [4.78, 5) is 35.7. The minimum Gasteiger partial charge on any atom is -0.500 e. The Bertz CT molecular complexity index is 877. The van der Waals surface area contributed by atoms with Crippen molar-refractivity contribution < 1.29 is 24.4 Å². The quantitative estimate of drug-likeness (QED) is 0.283. The van der Waals surface area contributed by atoms with Crippen molar-refractivity contribution in [1.29, 1.82) is 0 Å². The number of ether oxygens (including phenoxy) is 1. The van der Waals surface area contributed by atoms with E-state index in [0.717, 1.165) is 23.9 Å². The van der Waals surface area contributed by atoms with Gasteiger partial charge in [0.2, 0.25) is 5.75 Å². The minimum atomic E-state index is -0.751. The molecule has 1 saturated carbocycles. The molecular formula is C18H17N3O6. The van der Waals surface area contributed by atoms with Crippen molar-refractivity contribution in [2.24, 2.45) is 28.8 Å². The number of benzene rings is 1. The molecule has 5 rings (SSSR count). The Morgan fingerprint density at radius 3 is 2.30 bits per heavy atom. The second kappa shape index (κ2) is 6.19. The molecule has 9 heteroatoms. The molecular weight excluding hydrogens is 354 g/mol. The number of phenols is 1. The lowest BCUT2D eigenvalue weighted by molar-refractivity contribution is -0.386. The topological polar surface area (TPSA) is 122 Å². The maximum Gasteiger partial charge on any atom is 0.315 e. The Morgan fingerprint density at radius 1 is 1.22 bits per heavy atom. The number of nitro benzene ring substituents is 1. The molecule has 3 aliphatic carbocycles. The smallest absolute Gasteiger partial charge is 0.315 e. The molecule has 0 aromatic heterocycles. The number of phenolic OH excluding ortho intramolecular Hbond substituents is 1. The summed E-state index contributed by atoms with van der Waals surface area (Å²) in [6, 6.07) is 2.44. The lowest BCUT2D eigenvalue weighted by Crippen LogP contribution is -2.38. The van der Waals surface area contributed by atoms with Crippen molar-refractivity contribution in [2.75, 3.05) is 7.11 Å². The Hall–Kier alpha value is -3.23. The first-order chi connectivity index (χ1) is 12.9. The highest BCUT2D eigenvalue weighted by atomic mass is 16.6. The van der Waals surface area contributed by atoms with Crippen LogP contribution in [0.3, 0.4) is 0 Å². The van der Waals surface area contributed by atoms with Crippen LogP contribution in [0.25, 0.3) is 0 Å². The lowest BCUT2D eigenvalue weighted by atomic mass is 9.63. The van der Waals surface area contributed by atoms with Crippen molar-refractivity contribution in [2.45, 2.75) is 12.8 Å². The van der Waals surface area contributed by atoms with E-state index in [1.54, 1.807) is 0 Å². The number of imide groups is 1. The van der Waals surface area contributed by atoms with Crippen LogP contribution in [-0.4, -0.2) is 40.2 Å². The second-order valence-electron chi connectivity index (χ2n) is 6.92. The van der Waals surface area contributed by atoms with E-state index < -0.39 is 16.4 Å². The normalized spacial score (nSPS) is 28.9. The van der Waals surface area contributed by atoms with Gasteiger partial charge in [0.25, 0.3) is 11.8 Å². The molecule has 1 heterocycles. The summed E-state index contributed by atoms with van der Waals surface area (Å²) in [6.07, 6.45) is 7.00. The highest BCUT2D eigenvalue weighted by Gasteiger charge is 2.56. The van der Waals surface area contributed by atoms with Gasteiger partial charge >= 0.3 is 5.69 Å². The van der Waals surface area contributed by atoms with Gasteiger partial charge in [0.1, 0.15) is 0 Å². The number of rotatable bonds is 4. The molecule has 2 bridgehead atoms. The number of carbonyl (C=O) groups excluding carboxylic acids is 2. The van der Waals surface area contributed by atoms with Crippen molar-refractivity contribution in [1.82, 2.24) is 5.01 Å². The van der Waals surface area contributed by atoms with Gasteiger partial charge in [-0.1, -0.05) is 12.2 Å². The van der Waals surface area contributed by atoms with E-state index in [9.17, 15) is 24.8 Å². The highest BCUT2D eigenvalue weighted by Crippen LogP contribution is 2.49. The molecule has 0 unspecified atom stereocenters. The van der Waals surface area contributed by atoms with Crippen molar-refractivity contribution in [3.63, 3.8) is 0 Å². The molecule has 27 heavy (non-hydrogen) atoms. The van der Waals surface area contributed by atoms with E-state index in [0.29, 0.717) is 0 Å². The molecule has 140 valence electrons. The average molecular weight is 371 g/mol. The molecule has 0 radical (unpaired) electrons. The number of amides is 2. The first-order valence-corrected chi connectivity index (χ1v) is 8.58. The Morgan fingerprint density at radius 2 is 1.81 bits per heavy atom. The van der Waals surface area contributed by atoms with Crippen LogP contribution < -0.4 is 4.74 Å². The number of hydrogen-bond donors (Lipinski definition) is 1. The number of hydrazone groups is 1. The van der Waals surface area contributed by atoms with Gasteiger partial charge in [-0.05, 0) is 30.7 Å². The van der Waals surface area contributed by atoms with Crippen LogP contribution in [0, 0.1) is 33.8 Å². The maximum absolute atomic E-state index is 12.7. The summed E-state index contributed by atoms with van der Waals surface area (Å²) in [5.74, 6) is -1.98. The van der Waals surface area contributed by atoms with Gasteiger partial charge in [-0.3, -0.25) is 19.7 Å². The molecule has 4 aliphatic rings. The summed E-state index contributed by atoms with van der Waals surface area (Å²) < 4.78 is 4.93. The zero-order chi connectivity index (χ0) is 19.3. The average Bonchev–Trinajstić information content (AvgIpc) is 2.94. The maximum atomic E-state index is 12.7. The third-order valence-electron chi connectivity index (χ3n) is 5.55. The highest BCUT2D eigenvalue weighted by molar-refractivity contribution is 6.06. The van der Waals surface area contributed by atoms with Gasteiger partial charge in [0, 0.05) is 11.6 Å². The van der Waals surface area contributed by atoms with Gasteiger partial charge in [0.05, 0.1) is 30.1 Å². The van der Waals surface area contributed by atoms with E-state index in [-0.39, 0.29) is 46.8 Å². The Balaban J connectivity index is 1.64.